The minimum absolute atomic E-state index is 0.0230. The molecule has 2 amide bonds. The van der Waals surface area contributed by atoms with Gasteiger partial charge in [0.1, 0.15) is 5.82 Å². The molecule has 0 aliphatic rings. The van der Waals surface area contributed by atoms with E-state index in [1.807, 2.05) is 0 Å². The Morgan fingerprint density at radius 3 is 2.44 bits per heavy atom. The molecule has 0 aliphatic heterocycles. The number of aromatic amines is 1. The molecule has 0 saturated carbocycles. The van der Waals surface area contributed by atoms with E-state index in [9.17, 15) is 18.8 Å². The predicted molar refractivity (Wildman–Crippen MR) is 117 cm³/mol. The van der Waals surface area contributed by atoms with Gasteiger partial charge in [-0.3, -0.25) is 14.9 Å². The molecule has 3 aromatic carbocycles. The maximum absolute atomic E-state index is 13.4. The summed E-state index contributed by atoms with van der Waals surface area (Å²) in [6.45, 7) is 0. The fourth-order valence-electron chi connectivity index (χ4n) is 3.12. The summed E-state index contributed by atoms with van der Waals surface area (Å²) in [5.74, 6) is -1.57. The number of hydrogen-bond donors (Lipinski definition) is 4. The van der Waals surface area contributed by atoms with E-state index in [1.165, 1.54) is 36.4 Å². The molecule has 4 aromatic rings. The first-order chi connectivity index (χ1) is 15.3. The summed E-state index contributed by atoms with van der Waals surface area (Å²) in [7, 11) is 0. The highest BCUT2D eigenvalue weighted by Gasteiger charge is 2.19. The van der Waals surface area contributed by atoms with Gasteiger partial charge in [-0.15, -0.1) is 0 Å². The van der Waals surface area contributed by atoms with Crippen molar-refractivity contribution in [2.24, 2.45) is 0 Å². The summed E-state index contributed by atoms with van der Waals surface area (Å²) in [6.07, 6.45) is -1.28. The number of ketones is 1. The zero-order valence-corrected chi connectivity index (χ0v) is 16.9. The summed E-state index contributed by atoms with van der Waals surface area (Å²) in [5, 5.41) is 13.4. The predicted octanol–water partition coefficient (Wildman–Crippen LogP) is 4.93. The number of fused-ring (bicyclic) bond motifs is 1. The Morgan fingerprint density at radius 2 is 1.72 bits per heavy atom. The van der Waals surface area contributed by atoms with E-state index < -0.39 is 23.6 Å². The van der Waals surface area contributed by atoms with Crippen LogP contribution in [0.25, 0.3) is 11.0 Å². The van der Waals surface area contributed by atoms with E-state index >= 15 is 0 Å². The molecular formula is C22H14ClFN4O4. The number of amides is 2. The van der Waals surface area contributed by atoms with Crippen LogP contribution in [0.3, 0.4) is 0 Å². The van der Waals surface area contributed by atoms with Gasteiger partial charge in [0.05, 0.1) is 21.6 Å². The number of halogens is 2. The van der Waals surface area contributed by atoms with Crippen LogP contribution < -0.4 is 10.6 Å². The fourth-order valence-corrected chi connectivity index (χ4v) is 3.30. The minimum Gasteiger partial charge on any atom is -0.465 e. The third-order valence-corrected chi connectivity index (χ3v) is 4.85. The van der Waals surface area contributed by atoms with Gasteiger partial charge in [-0.1, -0.05) is 29.8 Å². The zero-order valence-electron chi connectivity index (χ0n) is 16.1. The topological polar surface area (TPSA) is 124 Å². The molecular weight excluding hydrogens is 439 g/mol. The van der Waals surface area contributed by atoms with Crippen LogP contribution in [0, 0.1) is 5.82 Å². The molecule has 0 atom stereocenters. The molecule has 4 N–H and O–H groups in total. The lowest BCUT2D eigenvalue weighted by atomic mass is 9.97. The highest BCUT2D eigenvalue weighted by molar-refractivity contribution is 6.31. The van der Waals surface area contributed by atoms with Gasteiger partial charge in [-0.05, 0) is 42.5 Å². The number of imidazole rings is 1. The second kappa shape index (κ2) is 8.48. The molecule has 8 nitrogen and oxygen atoms in total. The van der Waals surface area contributed by atoms with Crippen LogP contribution in [-0.2, 0) is 0 Å². The third-order valence-electron chi connectivity index (χ3n) is 4.56. The quantitative estimate of drug-likeness (QED) is 0.320. The number of carbonyl (C=O) groups is 3. The normalized spacial score (nSPS) is 10.7. The molecule has 1 heterocycles. The minimum atomic E-state index is -1.28. The van der Waals surface area contributed by atoms with Crippen molar-refractivity contribution in [2.45, 2.75) is 0 Å². The van der Waals surface area contributed by atoms with Crippen molar-refractivity contribution in [2.75, 3.05) is 10.6 Å². The van der Waals surface area contributed by atoms with Crippen molar-refractivity contribution in [1.29, 1.82) is 0 Å². The van der Waals surface area contributed by atoms with Crippen LogP contribution >= 0.6 is 11.6 Å². The van der Waals surface area contributed by atoms with Crippen molar-refractivity contribution in [1.82, 2.24) is 9.97 Å². The average Bonchev–Trinajstić information content (AvgIpc) is 3.16. The number of carboxylic acid groups (broad SMARTS) is 1. The summed E-state index contributed by atoms with van der Waals surface area (Å²) in [5.41, 5.74) is 1.73. The number of nitrogens with zero attached hydrogens (tertiary/aromatic N) is 1. The second-order valence-electron chi connectivity index (χ2n) is 6.71. The fraction of sp³-hybridized carbons (Fsp3) is 0. The van der Waals surface area contributed by atoms with Gasteiger partial charge in [-0.25, -0.2) is 14.2 Å². The lowest BCUT2D eigenvalue weighted by Gasteiger charge is -2.10. The van der Waals surface area contributed by atoms with Gasteiger partial charge in [0, 0.05) is 16.8 Å². The highest BCUT2D eigenvalue weighted by Crippen LogP contribution is 2.23. The Hall–Kier alpha value is -4.24. The average molecular weight is 453 g/mol. The van der Waals surface area contributed by atoms with Gasteiger partial charge in [0.2, 0.25) is 5.95 Å². The SMILES string of the molecule is O=C(O)Nc1nc2ccc(C(=O)c3ccccc3C(=O)Nc3ccc(F)c(Cl)c3)cc2[nH]1. The van der Waals surface area contributed by atoms with Gasteiger partial charge in [0.25, 0.3) is 5.91 Å². The number of rotatable bonds is 5. The molecule has 10 heteroatoms. The number of nitrogens with one attached hydrogen (secondary N) is 3. The van der Waals surface area contributed by atoms with E-state index in [1.54, 1.807) is 18.2 Å². The standard InChI is InChI=1S/C22H14ClFN4O4/c23-15-10-12(6-7-16(15)24)25-20(30)14-4-2-1-3-13(14)19(29)11-5-8-17-18(9-11)27-21(26-17)28-22(31)32/h1-10H,(H,25,30)(H,31,32)(H2,26,27,28). The van der Waals surface area contributed by atoms with Crippen molar-refractivity contribution < 1.29 is 23.9 Å². The Labute approximate surface area is 185 Å². The zero-order chi connectivity index (χ0) is 22.8. The van der Waals surface area contributed by atoms with Gasteiger partial charge >= 0.3 is 6.09 Å². The van der Waals surface area contributed by atoms with Crippen molar-refractivity contribution in [3.63, 3.8) is 0 Å². The lowest BCUT2D eigenvalue weighted by Crippen LogP contribution is -2.17. The number of aromatic nitrogens is 2. The number of anilines is 2. The summed E-state index contributed by atoms with van der Waals surface area (Å²) in [4.78, 5) is 43.6. The molecule has 160 valence electrons. The third kappa shape index (κ3) is 4.28. The maximum atomic E-state index is 13.4. The Bertz CT molecular complexity index is 1390. The first kappa shape index (κ1) is 21.0. The Morgan fingerprint density at radius 1 is 0.969 bits per heavy atom. The van der Waals surface area contributed by atoms with Gasteiger partial charge < -0.3 is 15.4 Å². The van der Waals surface area contributed by atoms with Crippen molar-refractivity contribution in [3.8, 4) is 0 Å². The van der Waals surface area contributed by atoms with E-state index in [0.717, 1.165) is 6.07 Å². The largest absolute Gasteiger partial charge is 0.465 e. The number of benzene rings is 3. The number of H-pyrrole nitrogens is 1. The molecule has 32 heavy (non-hydrogen) atoms. The summed E-state index contributed by atoms with van der Waals surface area (Å²) >= 11 is 5.76. The van der Waals surface area contributed by atoms with E-state index in [4.69, 9.17) is 16.7 Å². The molecule has 4 rings (SSSR count). The van der Waals surface area contributed by atoms with Crippen molar-refractivity contribution >= 4 is 52.1 Å². The molecule has 0 fully saturated rings. The number of carbonyl (C=O) groups excluding carboxylic acids is 2. The molecule has 0 radical (unpaired) electrons. The van der Waals surface area contributed by atoms with Crippen LogP contribution in [-0.4, -0.2) is 32.9 Å². The molecule has 0 saturated heterocycles. The van der Waals surface area contributed by atoms with Crippen LogP contribution in [0.15, 0.2) is 60.7 Å². The summed E-state index contributed by atoms with van der Waals surface area (Å²) in [6, 6.07) is 14.6. The smallest absolute Gasteiger partial charge is 0.411 e. The Balaban J connectivity index is 1.64. The first-order valence-corrected chi connectivity index (χ1v) is 9.59. The van der Waals surface area contributed by atoms with Gasteiger partial charge in [0.15, 0.2) is 5.78 Å². The van der Waals surface area contributed by atoms with Crippen LogP contribution in [0.5, 0.6) is 0 Å². The first-order valence-electron chi connectivity index (χ1n) is 9.21. The summed E-state index contributed by atoms with van der Waals surface area (Å²) < 4.78 is 13.4. The van der Waals surface area contributed by atoms with Crippen molar-refractivity contribution in [3.05, 3.63) is 88.2 Å². The molecule has 1 aromatic heterocycles. The monoisotopic (exact) mass is 452 g/mol. The van der Waals surface area contributed by atoms with Crippen LogP contribution in [0.1, 0.15) is 26.3 Å². The van der Waals surface area contributed by atoms with E-state index in [2.05, 4.69) is 20.6 Å². The molecule has 0 spiro atoms. The second-order valence-corrected chi connectivity index (χ2v) is 7.11. The van der Waals surface area contributed by atoms with E-state index in [-0.39, 0.29) is 33.3 Å². The molecule has 0 unspecified atom stereocenters. The molecule has 0 bridgehead atoms. The number of hydrogen-bond acceptors (Lipinski definition) is 4. The van der Waals surface area contributed by atoms with E-state index in [0.29, 0.717) is 11.0 Å². The van der Waals surface area contributed by atoms with Gasteiger partial charge in [-0.2, -0.15) is 0 Å². The highest BCUT2D eigenvalue weighted by atomic mass is 35.5. The molecule has 0 aliphatic carbocycles. The maximum Gasteiger partial charge on any atom is 0.411 e. The van der Waals surface area contributed by atoms with Crippen LogP contribution in [0.4, 0.5) is 20.8 Å². The Kier molecular flexibility index (Phi) is 5.57. The lowest BCUT2D eigenvalue weighted by molar-refractivity contribution is 0.0996. The van der Waals surface area contributed by atoms with Crippen LogP contribution in [0.2, 0.25) is 5.02 Å².